The fourth-order valence-electron chi connectivity index (χ4n) is 2.73. The van der Waals surface area contributed by atoms with Gasteiger partial charge in [-0.25, -0.2) is 0 Å². The lowest BCUT2D eigenvalue weighted by Gasteiger charge is -2.30. The third kappa shape index (κ3) is 4.96. The average molecular weight is 286 g/mol. The number of hydrogen-bond acceptors (Lipinski definition) is 5. The maximum Gasteiger partial charge on any atom is 0.109 e. The maximum absolute atomic E-state index is 9.50. The normalized spacial score (nSPS) is 28.2. The number of hydrogen-bond donors (Lipinski definition) is 3. The summed E-state index contributed by atoms with van der Waals surface area (Å²) in [5.41, 5.74) is -0.327. The number of nitrogens with one attached hydrogen (secondary N) is 1. The molecule has 0 aromatic rings. The Balaban J connectivity index is 2.36. The summed E-state index contributed by atoms with van der Waals surface area (Å²) >= 11 is 1.66. The van der Waals surface area contributed by atoms with E-state index in [1.807, 2.05) is 0 Å². The second-order valence-electron chi connectivity index (χ2n) is 5.30. The van der Waals surface area contributed by atoms with Crippen LogP contribution in [0.3, 0.4) is 0 Å². The van der Waals surface area contributed by atoms with Crippen LogP contribution in [0, 0.1) is 17.2 Å². The number of aliphatic hydroxyl groups excluding tert-OH is 2. The molecule has 1 aliphatic rings. The highest BCUT2D eigenvalue weighted by atomic mass is 32.2. The molecule has 0 aromatic heterocycles. The maximum atomic E-state index is 9.50. The predicted octanol–water partition coefficient (Wildman–Crippen LogP) is 1.52. The molecule has 0 aliphatic heterocycles. The third-order valence-electron chi connectivity index (χ3n) is 3.84. The summed E-state index contributed by atoms with van der Waals surface area (Å²) in [6, 6.07) is 2.51. The van der Waals surface area contributed by atoms with Crippen LogP contribution in [0.2, 0.25) is 0 Å². The van der Waals surface area contributed by atoms with Gasteiger partial charge in [-0.05, 0) is 43.9 Å². The first-order valence-corrected chi connectivity index (χ1v) is 8.37. The zero-order chi connectivity index (χ0) is 14.1. The summed E-state index contributed by atoms with van der Waals surface area (Å²) in [6.07, 6.45) is 4.64. The summed E-state index contributed by atoms with van der Waals surface area (Å²) in [7, 11) is 0. The van der Waals surface area contributed by atoms with Crippen molar-refractivity contribution in [3.63, 3.8) is 0 Å². The van der Waals surface area contributed by atoms with Crippen molar-refractivity contribution in [2.24, 2.45) is 5.92 Å². The molecule has 1 aliphatic carbocycles. The fourth-order valence-corrected chi connectivity index (χ4v) is 3.73. The van der Waals surface area contributed by atoms with E-state index in [1.165, 1.54) is 0 Å². The fraction of sp³-hybridized carbons (Fsp3) is 0.929. The topological polar surface area (TPSA) is 76.3 Å². The number of nitriles is 1. The van der Waals surface area contributed by atoms with Gasteiger partial charge in [0, 0.05) is 5.75 Å². The van der Waals surface area contributed by atoms with Gasteiger partial charge in [0.2, 0.25) is 0 Å². The van der Waals surface area contributed by atoms with Gasteiger partial charge in [-0.1, -0.05) is 13.3 Å². The van der Waals surface area contributed by atoms with Gasteiger partial charge in [0.05, 0.1) is 18.8 Å². The van der Waals surface area contributed by atoms with Gasteiger partial charge in [-0.2, -0.15) is 17.0 Å². The van der Waals surface area contributed by atoms with Crippen molar-refractivity contribution < 1.29 is 10.2 Å². The molecule has 110 valence electrons. The first kappa shape index (κ1) is 16.8. The molecule has 0 radical (unpaired) electrons. The van der Waals surface area contributed by atoms with Gasteiger partial charge >= 0.3 is 0 Å². The van der Waals surface area contributed by atoms with Crippen LogP contribution in [0.15, 0.2) is 0 Å². The Bertz CT molecular complexity index is 296. The summed E-state index contributed by atoms with van der Waals surface area (Å²) in [6.45, 7) is 2.85. The van der Waals surface area contributed by atoms with Gasteiger partial charge in [-0.15, -0.1) is 0 Å². The van der Waals surface area contributed by atoms with Gasteiger partial charge in [0.15, 0.2) is 0 Å². The van der Waals surface area contributed by atoms with Crippen molar-refractivity contribution in [2.75, 3.05) is 24.7 Å². The van der Waals surface area contributed by atoms with E-state index in [2.05, 4.69) is 18.3 Å². The van der Waals surface area contributed by atoms with E-state index in [0.717, 1.165) is 44.4 Å². The quantitative estimate of drug-likeness (QED) is 0.560. The van der Waals surface area contributed by atoms with Crippen LogP contribution in [0.5, 0.6) is 0 Å². The third-order valence-corrected chi connectivity index (χ3v) is 4.99. The Morgan fingerprint density at radius 3 is 3.00 bits per heavy atom. The Kier molecular flexibility index (Phi) is 7.77. The van der Waals surface area contributed by atoms with E-state index < -0.39 is 6.10 Å². The van der Waals surface area contributed by atoms with E-state index in [0.29, 0.717) is 11.7 Å². The lowest BCUT2D eigenvalue weighted by molar-refractivity contribution is 0.113. The van der Waals surface area contributed by atoms with Gasteiger partial charge in [0.1, 0.15) is 5.54 Å². The highest BCUT2D eigenvalue weighted by molar-refractivity contribution is 7.99. The van der Waals surface area contributed by atoms with Crippen LogP contribution >= 0.6 is 11.8 Å². The molecule has 0 aromatic carbocycles. The predicted molar refractivity (Wildman–Crippen MR) is 79.0 cm³/mol. The van der Waals surface area contributed by atoms with Crippen molar-refractivity contribution in [3.8, 4) is 6.07 Å². The first-order valence-electron chi connectivity index (χ1n) is 7.21. The summed E-state index contributed by atoms with van der Waals surface area (Å²) < 4.78 is 0. The van der Waals surface area contributed by atoms with E-state index in [9.17, 15) is 10.4 Å². The van der Waals surface area contributed by atoms with Crippen molar-refractivity contribution in [1.82, 2.24) is 5.32 Å². The second-order valence-corrected chi connectivity index (χ2v) is 6.45. The van der Waals surface area contributed by atoms with Crippen LogP contribution < -0.4 is 5.32 Å². The smallest absolute Gasteiger partial charge is 0.109 e. The average Bonchev–Trinajstić information content (AvgIpc) is 2.84. The highest BCUT2D eigenvalue weighted by Gasteiger charge is 2.42. The Morgan fingerprint density at radius 1 is 1.58 bits per heavy atom. The molecule has 3 unspecified atom stereocenters. The summed E-state index contributed by atoms with van der Waals surface area (Å²) in [5, 5.41) is 31.0. The van der Waals surface area contributed by atoms with E-state index >= 15 is 0 Å². The minimum absolute atomic E-state index is 0.170. The molecule has 4 nitrogen and oxygen atoms in total. The Morgan fingerprint density at radius 2 is 2.37 bits per heavy atom. The molecule has 0 bridgehead atoms. The Hall–Kier alpha value is -0.280. The Labute approximate surface area is 120 Å². The summed E-state index contributed by atoms with van der Waals surface area (Å²) in [4.78, 5) is 0. The number of rotatable bonds is 9. The molecular weight excluding hydrogens is 260 g/mol. The van der Waals surface area contributed by atoms with Crippen LogP contribution in [-0.2, 0) is 0 Å². The zero-order valence-electron chi connectivity index (χ0n) is 11.8. The second kappa shape index (κ2) is 8.80. The SMILES string of the molecule is CCCNC1(C#N)CCCC1CCSCC(O)CO. The van der Waals surface area contributed by atoms with Gasteiger partial charge in [-0.3, -0.25) is 5.32 Å². The molecule has 1 fully saturated rings. The van der Waals surface area contributed by atoms with Crippen LogP contribution in [0.1, 0.15) is 39.0 Å². The molecular formula is C14H26N2O2S. The molecule has 0 saturated heterocycles. The van der Waals surface area contributed by atoms with Crippen LogP contribution in [-0.4, -0.2) is 46.5 Å². The zero-order valence-corrected chi connectivity index (χ0v) is 12.6. The van der Waals surface area contributed by atoms with Gasteiger partial charge in [0.25, 0.3) is 0 Å². The van der Waals surface area contributed by atoms with Crippen molar-refractivity contribution >= 4 is 11.8 Å². The molecule has 0 heterocycles. The monoisotopic (exact) mass is 286 g/mol. The van der Waals surface area contributed by atoms with Crippen molar-refractivity contribution in [2.45, 2.75) is 50.7 Å². The number of nitrogens with zero attached hydrogens (tertiary/aromatic N) is 1. The lowest BCUT2D eigenvalue weighted by atomic mass is 9.86. The van der Waals surface area contributed by atoms with E-state index in [-0.39, 0.29) is 12.1 Å². The molecule has 5 heteroatoms. The summed E-state index contributed by atoms with van der Waals surface area (Å²) in [5.74, 6) is 1.94. The molecule has 1 rings (SSSR count). The first-order chi connectivity index (χ1) is 9.18. The highest BCUT2D eigenvalue weighted by Crippen LogP contribution is 2.38. The number of aliphatic hydroxyl groups is 2. The minimum Gasteiger partial charge on any atom is -0.394 e. The van der Waals surface area contributed by atoms with E-state index in [4.69, 9.17) is 5.11 Å². The molecule has 0 spiro atoms. The standard InChI is InChI=1S/C14H26N2O2S/c1-2-7-16-14(11-15)6-3-4-12(14)5-8-19-10-13(18)9-17/h12-13,16-18H,2-10H2,1H3. The van der Waals surface area contributed by atoms with E-state index in [1.54, 1.807) is 11.8 Å². The number of thioether (sulfide) groups is 1. The molecule has 3 N–H and O–H groups in total. The van der Waals surface area contributed by atoms with Crippen LogP contribution in [0.25, 0.3) is 0 Å². The van der Waals surface area contributed by atoms with Gasteiger partial charge < -0.3 is 10.2 Å². The van der Waals surface area contributed by atoms with Crippen LogP contribution in [0.4, 0.5) is 0 Å². The molecule has 19 heavy (non-hydrogen) atoms. The molecule has 1 saturated carbocycles. The molecule has 0 amide bonds. The largest absolute Gasteiger partial charge is 0.394 e. The minimum atomic E-state index is -0.618. The molecule has 3 atom stereocenters. The lowest BCUT2D eigenvalue weighted by Crippen LogP contribution is -2.47. The van der Waals surface area contributed by atoms with Crippen molar-refractivity contribution in [3.05, 3.63) is 0 Å². The van der Waals surface area contributed by atoms with Crippen molar-refractivity contribution in [1.29, 1.82) is 5.26 Å².